The van der Waals surface area contributed by atoms with Crippen LogP contribution < -0.4 is 10.1 Å². The lowest BCUT2D eigenvalue weighted by Crippen LogP contribution is -2.50. The number of hydrogen-bond donors (Lipinski definition) is 1. The van der Waals surface area contributed by atoms with Crippen LogP contribution in [0, 0.1) is 0 Å². The van der Waals surface area contributed by atoms with Crippen molar-refractivity contribution >= 4 is 18.3 Å². The zero-order valence-corrected chi connectivity index (χ0v) is 17.1. The molecule has 1 unspecified atom stereocenters. The van der Waals surface area contributed by atoms with E-state index < -0.39 is 0 Å². The highest BCUT2D eigenvalue weighted by molar-refractivity contribution is 5.85. The second-order valence-electron chi connectivity index (χ2n) is 7.27. The highest BCUT2D eigenvalue weighted by Gasteiger charge is 2.29. The summed E-state index contributed by atoms with van der Waals surface area (Å²) >= 11 is 0. The van der Waals surface area contributed by atoms with E-state index in [-0.39, 0.29) is 24.4 Å². The van der Waals surface area contributed by atoms with Gasteiger partial charge in [0.15, 0.2) is 0 Å². The van der Waals surface area contributed by atoms with Gasteiger partial charge in [0.2, 0.25) is 5.91 Å². The smallest absolute Gasteiger partial charge is 0.237 e. The van der Waals surface area contributed by atoms with Crippen molar-refractivity contribution in [1.29, 1.82) is 0 Å². The summed E-state index contributed by atoms with van der Waals surface area (Å²) in [6, 6.07) is 16.7. The Bertz CT molecular complexity index is 814. The Morgan fingerprint density at radius 3 is 2.68 bits per heavy atom. The second-order valence-corrected chi connectivity index (χ2v) is 7.27. The quantitative estimate of drug-likeness (QED) is 0.855. The van der Waals surface area contributed by atoms with Gasteiger partial charge >= 0.3 is 0 Å². The summed E-state index contributed by atoms with van der Waals surface area (Å²) in [5, 5.41) is 3.46. The number of rotatable bonds is 4. The van der Waals surface area contributed by atoms with Gasteiger partial charge in [-0.3, -0.25) is 9.69 Å². The van der Waals surface area contributed by atoms with Crippen molar-refractivity contribution in [3.05, 3.63) is 65.2 Å². The van der Waals surface area contributed by atoms with Crippen molar-refractivity contribution in [2.75, 3.05) is 39.8 Å². The predicted octanol–water partition coefficient (Wildman–Crippen LogP) is 2.65. The zero-order chi connectivity index (χ0) is 18.6. The van der Waals surface area contributed by atoms with Crippen LogP contribution in [0.4, 0.5) is 0 Å². The number of piperazine rings is 1. The van der Waals surface area contributed by atoms with Crippen LogP contribution in [0.15, 0.2) is 48.5 Å². The van der Waals surface area contributed by atoms with Crippen LogP contribution in [-0.4, -0.2) is 55.5 Å². The second kappa shape index (κ2) is 9.41. The van der Waals surface area contributed by atoms with E-state index >= 15 is 0 Å². The topological polar surface area (TPSA) is 44.8 Å². The van der Waals surface area contributed by atoms with Crippen LogP contribution in [-0.2, 0) is 17.8 Å². The number of para-hydroxylation sites is 1. The predicted molar refractivity (Wildman–Crippen MR) is 113 cm³/mol. The molecular weight excluding hydrogens is 374 g/mol. The van der Waals surface area contributed by atoms with Crippen LogP contribution in [0.25, 0.3) is 0 Å². The van der Waals surface area contributed by atoms with Gasteiger partial charge in [-0.25, -0.2) is 0 Å². The minimum absolute atomic E-state index is 0. The van der Waals surface area contributed by atoms with E-state index in [9.17, 15) is 4.79 Å². The molecule has 0 saturated carbocycles. The maximum atomic E-state index is 13.0. The number of nitrogens with zero attached hydrogens (tertiary/aromatic N) is 2. The first kappa shape index (κ1) is 20.6. The molecule has 4 rings (SSSR count). The summed E-state index contributed by atoms with van der Waals surface area (Å²) in [5.41, 5.74) is 3.79. The average molecular weight is 402 g/mol. The highest BCUT2D eigenvalue weighted by Crippen LogP contribution is 2.30. The minimum Gasteiger partial charge on any atom is -0.496 e. The van der Waals surface area contributed by atoms with Crippen molar-refractivity contribution in [1.82, 2.24) is 15.1 Å². The van der Waals surface area contributed by atoms with Gasteiger partial charge in [-0.05, 0) is 23.6 Å². The number of benzene rings is 2. The summed E-state index contributed by atoms with van der Waals surface area (Å²) in [6.07, 6.45) is 0.944. The number of methoxy groups -OCH3 is 1. The molecule has 2 aliphatic heterocycles. The standard InChI is InChI=1S/C22H27N3O2.ClH/c1-27-21-9-5-4-8-19(21)20-14-23-11-13-24(20)16-22(26)25-12-10-17-6-2-3-7-18(17)15-25;/h2-9,20,23H,10-16H2,1H3;1H. The molecular formula is C22H28ClN3O2. The molecule has 2 aromatic carbocycles. The fraction of sp³-hybridized carbons (Fsp3) is 0.409. The summed E-state index contributed by atoms with van der Waals surface area (Å²) in [4.78, 5) is 17.3. The Labute approximate surface area is 173 Å². The molecule has 0 radical (unpaired) electrons. The fourth-order valence-electron chi connectivity index (χ4n) is 4.17. The molecule has 0 aliphatic carbocycles. The molecule has 150 valence electrons. The van der Waals surface area contributed by atoms with Gasteiger partial charge < -0.3 is 15.0 Å². The summed E-state index contributed by atoms with van der Waals surface area (Å²) in [6.45, 7) is 4.57. The molecule has 5 nitrogen and oxygen atoms in total. The molecule has 2 aliphatic rings. The van der Waals surface area contributed by atoms with Crippen LogP contribution in [0.2, 0.25) is 0 Å². The Morgan fingerprint density at radius 2 is 1.86 bits per heavy atom. The molecule has 1 N–H and O–H groups in total. The van der Waals surface area contributed by atoms with Gasteiger partial charge in [0, 0.05) is 38.3 Å². The lowest BCUT2D eigenvalue weighted by Gasteiger charge is -2.38. The van der Waals surface area contributed by atoms with Crippen LogP contribution in [0.5, 0.6) is 5.75 Å². The van der Waals surface area contributed by atoms with Crippen LogP contribution in [0.3, 0.4) is 0 Å². The number of ether oxygens (including phenoxy) is 1. The molecule has 28 heavy (non-hydrogen) atoms. The third-order valence-electron chi connectivity index (χ3n) is 5.67. The van der Waals surface area contributed by atoms with Gasteiger partial charge in [-0.2, -0.15) is 0 Å². The molecule has 1 fully saturated rings. The Hall–Kier alpha value is -2.08. The third-order valence-corrected chi connectivity index (χ3v) is 5.67. The molecule has 1 amide bonds. The van der Waals surface area contributed by atoms with E-state index in [1.807, 2.05) is 23.1 Å². The summed E-state index contributed by atoms with van der Waals surface area (Å²) in [5.74, 6) is 1.10. The normalized spacial score (nSPS) is 19.5. The first-order chi connectivity index (χ1) is 13.3. The van der Waals surface area contributed by atoms with Crippen LogP contribution in [0.1, 0.15) is 22.7 Å². The van der Waals surface area contributed by atoms with Crippen molar-refractivity contribution in [3.8, 4) is 5.75 Å². The summed E-state index contributed by atoms with van der Waals surface area (Å²) in [7, 11) is 1.70. The van der Waals surface area contributed by atoms with Gasteiger partial charge in [-0.15, -0.1) is 12.4 Å². The fourth-order valence-corrected chi connectivity index (χ4v) is 4.17. The first-order valence-corrected chi connectivity index (χ1v) is 9.68. The monoisotopic (exact) mass is 401 g/mol. The molecule has 2 heterocycles. The molecule has 1 atom stereocenters. The van der Waals surface area contributed by atoms with Crippen molar-refractivity contribution < 1.29 is 9.53 Å². The highest BCUT2D eigenvalue weighted by atomic mass is 35.5. The average Bonchev–Trinajstić information content (AvgIpc) is 2.73. The minimum atomic E-state index is 0. The van der Waals surface area contributed by atoms with Gasteiger partial charge in [0.25, 0.3) is 0 Å². The number of amides is 1. The SMILES string of the molecule is COc1ccccc1C1CNCCN1CC(=O)N1CCc2ccccc2C1.Cl. The van der Waals surface area contributed by atoms with E-state index in [4.69, 9.17) is 4.74 Å². The Morgan fingerprint density at radius 1 is 1.11 bits per heavy atom. The Kier molecular flexibility index (Phi) is 6.94. The van der Waals surface area contributed by atoms with Gasteiger partial charge in [0.1, 0.15) is 5.75 Å². The van der Waals surface area contributed by atoms with Crippen molar-refractivity contribution in [2.45, 2.75) is 19.0 Å². The largest absolute Gasteiger partial charge is 0.496 e. The third kappa shape index (κ3) is 4.32. The molecule has 0 aromatic heterocycles. The number of hydrogen-bond acceptors (Lipinski definition) is 4. The van der Waals surface area contributed by atoms with Crippen molar-refractivity contribution in [3.63, 3.8) is 0 Å². The van der Waals surface area contributed by atoms with E-state index in [0.717, 1.165) is 50.5 Å². The van der Waals surface area contributed by atoms with Crippen LogP contribution >= 0.6 is 12.4 Å². The first-order valence-electron chi connectivity index (χ1n) is 9.68. The number of nitrogens with one attached hydrogen (secondary N) is 1. The van der Waals surface area contributed by atoms with E-state index in [1.165, 1.54) is 11.1 Å². The molecule has 1 saturated heterocycles. The molecule has 2 aromatic rings. The number of carbonyl (C=O) groups excluding carboxylic acids is 1. The molecule has 6 heteroatoms. The molecule has 0 bridgehead atoms. The van der Waals surface area contributed by atoms with Gasteiger partial charge in [0.05, 0.1) is 19.7 Å². The zero-order valence-electron chi connectivity index (χ0n) is 16.3. The number of halogens is 1. The Balaban J connectivity index is 0.00000225. The maximum absolute atomic E-state index is 13.0. The lowest BCUT2D eigenvalue weighted by atomic mass is 9.99. The number of fused-ring (bicyclic) bond motifs is 1. The van der Waals surface area contributed by atoms with Crippen molar-refractivity contribution in [2.24, 2.45) is 0 Å². The van der Waals surface area contributed by atoms with Gasteiger partial charge in [-0.1, -0.05) is 42.5 Å². The molecule has 0 spiro atoms. The lowest BCUT2D eigenvalue weighted by molar-refractivity contribution is -0.134. The van der Waals surface area contributed by atoms with E-state index in [0.29, 0.717) is 6.54 Å². The summed E-state index contributed by atoms with van der Waals surface area (Å²) < 4.78 is 5.56. The maximum Gasteiger partial charge on any atom is 0.237 e. The number of carbonyl (C=O) groups is 1. The van der Waals surface area contributed by atoms with E-state index in [2.05, 4.69) is 40.5 Å². The van der Waals surface area contributed by atoms with E-state index in [1.54, 1.807) is 7.11 Å².